The van der Waals surface area contributed by atoms with Crippen LogP contribution in [0.3, 0.4) is 0 Å². The van der Waals surface area contributed by atoms with E-state index in [9.17, 15) is 35.9 Å². The zero-order chi connectivity index (χ0) is 30.5. The predicted molar refractivity (Wildman–Crippen MR) is 140 cm³/mol. The van der Waals surface area contributed by atoms with Gasteiger partial charge in [-0.3, -0.25) is 14.6 Å². The molecule has 2 amide bonds. The molecular weight excluding hydrogens is 580 g/mol. The van der Waals surface area contributed by atoms with Crippen LogP contribution in [0.1, 0.15) is 28.9 Å². The maximum atomic E-state index is 14.6. The Hall–Kier alpha value is -4.88. The number of pyridine rings is 1. The van der Waals surface area contributed by atoms with Gasteiger partial charge in [-0.1, -0.05) is 6.07 Å². The van der Waals surface area contributed by atoms with Crippen molar-refractivity contribution >= 4 is 17.5 Å². The molecule has 2 aliphatic rings. The molecule has 0 N–H and O–H groups in total. The van der Waals surface area contributed by atoms with Crippen molar-refractivity contribution in [3.63, 3.8) is 0 Å². The minimum atomic E-state index is -5.09. The topological polar surface area (TPSA) is 80.6 Å². The van der Waals surface area contributed by atoms with E-state index in [4.69, 9.17) is 0 Å². The highest BCUT2D eigenvalue weighted by atomic mass is 19.4. The number of anilines is 1. The molecule has 2 aromatic carbocycles. The second-order valence-corrected chi connectivity index (χ2v) is 10.1. The SMILES string of the molecule is O=C(c1cc(-c2cccnc2)n(-c2ccc(OC(F)(F)F)c(F)c2)n1)N1CCC(N2C(=O)Cc3ccc(F)c(F)c32)CC1. The number of carbonyl (C=O) groups is 2. The average molecular weight is 602 g/mol. The van der Waals surface area contributed by atoms with E-state index in [1.807, 2.05) is 0 Å². The molecule has 0 aliphatic carbocycles. The lowest BCUT2D eigenvalue weighted by molar-refractivity contribution is -0.275. The Bertz CT molecular complexity index is 1720. The van der Waals surface area contributed by atoms with E-state index in [-0.39, 0.29) is 42.5 Å². The summed E-state index contributed by atoms with van der Waals surface area (Å²) in [6, 6.07) is 9.49. The monoisotopic (exact) mass is 601 g/mol. The number of ether oxygens (including phenoxy) is 1. The highest BCUT2D eigenvalue weighted by molar-refractivity contribution is 6.02. The lowest BCUT2D eigenvalue weighted by Crippen LogP contribution is -2.48. The Morgan fingerprint density at radius 3 is 2.42 bits per heavy atom. The number of piperidine rings is 1. The van der Waals surface area contributed by atoms with E-state index in [0.29, 0.717) is 29.7 Å². The quantitative estimate of drug-likeness (QED) is 0.285. The molecule has 14 heteroatoms. The first-order valence-electron chi connectivity index (χ1n) is 13.1. The molecule has 0 saturated carbocycles. The van der Waals surface area contributed by atoms with Gasteiger partial charge in [-0.15, -0.1) is 13.2 Å². The molecule has 1 fully saturated rings. The molecular formula is C29H21F6N5O3. The standard InChI is InChI=1S/C29H21F6N5O3/c30-20-5-3-16-12-25(41)39(27(16)26(20)32)18-7-10-38(11-8-18)28(42)22-14-23(17-2-1-9-36-15-17)40(37-22)19-4-6-24(21(31)13-19)43-29(33,34)35/h1-6,9,13-15,18H,7-8,10-12H2. The van der Waals surface area contributed by atoms with Gasteiger partial charge in [0.05, 0.1) is 23.5 Å². The summed E-state index contributed by atoms with van der Waals surface area (Å²) in [6.07, 6.45) is -1.52. The fourth-order valence-corrected chi connectivity index (χ4v) is 5.46. The zero-order valence-corrected chi connectivity index (χ0v) is 22.1. The van der Waals surface area contributed by atoms with Gasteiger partial charge in [0.15, 0.2) is 28.9 Å². The largest absolute Gasteiger partial charge is 0.573 e. The zero-order valence-electron chi connectivity index (χ0n) is 22.1. The molecule has 1 saturated heterocycles. The lowest BCUT2D eigenvalue weighted by atomic mass is 10.0. The fourth-order valence-electron chi connectivity index (χ4n) is 5.46. The number of alkyl halides is 3. The van der Waals surface area contributed by atoms with Gasteiger partial charge in [-0.25, -0.2) is 17.9 Å². The third kappa shape index (κ3) is 5.40. The molecule has 4 aromatic rings. The predicted octanol–water partition coefficient (Wildman–Crippen LogP) is 5.44. The summed E-state index contributed by atoms with van der Waals surface area (Å²) >= 11 is 0. The molecule has 0 bridgehead atoms. The van der Waals surface area contributed by atoms with E-state index in [1.165, 1.54) is 45.1 Å². The maximum absolute atomic E-state index is 14.6. The Balaban J connectivity index is 1.25. The van der Waals surface area contributed by atoms with Crippen LogP contribution in [0.2, 0.25) is 0 Å². The second kappa shape index (κ2) is 10.7. The minimum absolute atomic E-state index is 0.0240. The van der Waals surface area contributed by atoms with Crippen molar-refractivity contribution in [2.45, 2.75) is 31.7 Å². The van der Waals surface area contributed by atoms with Gasteiger partial charge in [-0.2, -0.15) is 5.10 Å². The number of hydrogen-bond donors (Lipinski definition) is 0. The summed E-state index contributed by atoms with van der Waals surface area (Å²) in [7, 11) is 0. The Morgan fingerprint density at radius 1 is 0.977 bits per heavy atom. The number of nitrogens with zero attached hydrogens (tertiary/aromatic N) is 5. The van der Waals surface area contributed by atoms with Gasteiger partial charge in [0, 0.05) is 43.2 Å². The lowest BCUT2D eigenvalue weighted by Gasteiger charge is -2.36. The van der Waals surface area contributed by atoms with Gasteiger partial charge in [0.2, 0.25) is 5.91 Å². The number of likely N-dealkylation sites (tertiary alicyclic amines) is 1. The van der Waals surface area contributed by atoms with Crippen LogP contribution in [0.25, 0.3) is 16.9 Å². The highest BCUT2D eigenvalue weighted by Gasteiger charge is 2.39. The third-order valence-corrected chi connectivity index (χ3v) is 7.39. The molecule has 2 aliphatic heterocycles. The first-order valence-corrected chi connectivity index (χ1v) is 13.1. The summed E-state index contributed by atoms with van der Waals surface area (Å²) < 4.78 is 85.9. The maximum Gasteiger partial charge on any atom is 0.573 e. The van der Waals surface area contributed by atoms with Crippen molar-refractivity contribution in [3.8, 4) is 22.7 Å². The Morgan fingerprint density at radius 2 is 1.74 bits per heavy atom. The number of hydrogen-bond acceptors (Lipinski definition) is 5. The van der Waals surface area contributed by atoms with Crippen LogP contribution in [0, 0.1) is 17.5 Å². The molecule has 0 radical (unpaired) electrons. The molecule has 6 rings (SSSR count). The normalized spacial score (nSPS) is 15.6. The van der Waals surface area contributed by atoms with Crippen LogP contribution in [-0.2, 0) is 11.2 Å². The number of halogens is 6. The highest BCUT2D eigenvalue weighted by Crippen LogP contribution is 2.37. The number of benzene rings is 2. The fraction of sp³-hybridized carbons (Fsp3) is 0.241. The Labute approximate surface area is 240 Å². The molecule has 0 atom stereocenters. The van der Waals surface area contributed by atoms with Gasteiger partial charge in [0.25, 0.3) is 5.91 Å². The Kier molecular flexibility index (Phi) is 7.06. The summed E-state index contributed by atoms with van der Waals surface area (Å²) in [5.41, 5.74) is 1.18. The number of fused-ring (bicyclic) bond motifs is 1. The average Bonchev–Trinajstić information content (AvgIpc) is 3.57. The van der Waals surface area contributed by atoms with Crippen LogP contribution < -0.4 is 9.64 Å². The van der Waals surface area contributed by atoms with Crippen LogP contribution in [-0.4, -0.2) is 57.0 Å². The van der Waals surface area contributed by atoms with Gasteiger partial charge in [-0.05, 0) is 54.8 Å². The van der Waals surface area contributed by atoms with Crippen molar-refractivity contribution in [2.75, 3.05) is 18.0 Å². The summed E-state index contributed by atoms with van der Waals surface area (Å²) in [6.45, 7) is 0.374. The number of rotatable bonds is 5. The number of carbonyl (C=O) groups excluding carboxylic acids is 2. The summed E-state index contributed by atoms with van der Waals surface area (Å²) in [4.78, 5) is 33.1. The number of amides is 2. The second-order valence-electron chi connectivity index (χ2n) is 10.1. The third-order valence-electron chi connectivity index (χ3n) is 7.39. The van der Waals surface area contributed by atoms with E-state index in [1.54, 1.807) is 12.1 Å². The van der Waals surface area contributed by atoms with Crippen molar-refractivity contribution < 1.29 is 40.7 Å². The van der Waals surface area contributed by atoms with Crippen LogP contribution in [0.15, 0.2) is 60.9 Å². The molecule has 43 heavy (non-hydrogen) atoms. The molecule has 2 aromatic heterocycles. The summed E-state index contributed by atoms with van der Waals surface area (Å²) in [5, 5.41) is 4.35. The van der Waals surface area contributed by atoms with Gasteiger partial charge in [0.1, 0.15) is 0 Å². The van der Waals surface area contributed by atoms with Gasteiger partial charge < -0.3 is 14.5 Å². The van der Waals surface area contributed by atoms with Crippen LogP contribution in [0.5, 0.6) is 5.75 Å². The minimum Gasteiger partial charge on any atom is -0.403 e. The van der Waals surface area contributed by atoms with Crippen molar-refractivity contribution in [2.24, 2.45) is 0 Å². The summed E-state index contributed by atoms with van der Waals surface area (Å²) in [5.74, 6) is -5.26. The van der Waals surface area contributed by atoms with E-state index < -0.39 is 41.5 Å². The molecule has 0 spiro atoms. The van der Waals surface area contributed by atoms with E-state index in [0.717, 1.165) is 18.2 Å². The van der Waals surface area contributed by atoms with E-state index in [2.05, 4.69) is 14.8 Å². The van der Waals surface area contributed by atoms with Crippen LogP contribution >= 0.6 is 0 Å². The number of aromatic nitrogens is 3. The smallest absolute Gasteiger partial charge is 0.403 e. The van der Waals surface area contributed by atoms with Gasteiger partial charge >= 0.3 is 6.36 Å². The molecule has 0 unspecified atom stereocenters. The van der Waals surface area contributed by atoms with Crippen molar-refractivity contribution in [3.05, 3.63) is 89.6 Å². The van der Waals surface area contributed by atoms with Crippen molar-refractivity contribution in [1.29, 1.82) is 0 Å². The first-order chi connectivity index (χ1) is 20.5. The van der Waals surface area contributed by atoms with Crippen LogP contribution in [0.4, 0.5) is 32.0 Å². The molecule has 4 heterocycles. The molecule has 222 valence electrons. The van der Waals surface area contributed by atoms with E-state index >= 15 is 0 Å². The molecule has 8 nitrogen and oxygen atoms in total. The first kappa shape index (κ1) is 28.2. The van der Waals surface area contributed by atoms with Crippen molar-refractivity contribution in [1.82, 2.24) is 19.7 Å².